The molecular formula is C40H26S. The number of allylic oxidation sites excluding steroid dienone is 7. The molecule has 0 aromatic heterocycles. The summed E-state index contributed by atoms with van der Waals surface area (Å²) in [5.41, 5.74) is 9.42. The monoisotopic (exact) mass is 538 g/mol. The fourth-order valence-corrected chi connectivity index (χ4v) is 8.55. The molecule has 0 amide bonds. The Balaban J connectivity index is 1.16. The minimum Gasteiger partial charge on any atom is -0.116 e. The zero-order chi connectivity index (χ0) is 26.9. The van der Waals surface area contributed by atoms with Crippen LogP contribution in [0.5, 0.6) is 0 Å². The summed E-state index contributed by atoms with van der Waals surface area (Å²) in [4.78, 5) is 1.40. The van der Waals surface area contributed by atoms with E-state index in [2.05, 4.69) is 146 Å². The van der Waals surface area contributed by atoms with Crippen molar-refractivity contribution in [2.75, 3.05) is 0 Å². The highest BCUT2D eigenvalue weighted by molar-refractivity contribution is 8.01. The van der Waals surface area contributed by atoms with E-state index in [1.807, 2.05) is 11.8 Å². The average Bonchev–Trinajstić information content (AvgIpc) is 3.43. The first-order valence-electron chi connectivity index (χ1n) is 14.3. The van der Waals surface area contributed by atoms with Crippen LogP contribution in [0.3, 0.4) is 0 Å². The maximum Gasteiger partial charge on any atom is 0.0454 e. The molecule has 6 aromatic carbocycles. The first-order valence-corrected chi connectivity index (χ1v) is 15.2. The van der Waals surface area contributed by atoms with Crippen LogP contribution in [0.25, 0.3) is 54.6 Å². The van der Waals surface area contributed by atoms with Gasteiger partial charge < -0.3 is 0 Å². The van der Waals surface area contributed by atoms with Crippen LogP contribution in [0.15, 0.2) is 156 Å². The van der Waals surface area contributed by atoms with Gasteiger partial charge in [0.1, 0.15) is 0 Å². The van der Waals surface area contributed by atoms with Gasteiger partial charge in [0.25, 0.3) is 0 Å². The smallest absolute Gasteiger partial charge is 0.0454 e. The van der Waals surface area contributed by atoms with Gasteiger partial charge in [-0.15, -0.1) is 11.8 Å². The lowest BCUT2D eigenvalue weighted by molar-refractivity contribution is 0.819. The van der Waals surface area contributed by atoms with E-state index in [0.29, 0.717) is 11.2 Å². The van der Waals surface area contributed by atoms with Crippen LogP contribution in [0.1, 0.15) is 11.1 Å². The molecule has 41 heavy (non-hydrogen) atoms. The number of rotatable bonds is 2. The Hall–Kier alpha value is -4.59. The molecule has 0 bridgehead atoms. The van der Waals surface area contributed by atoms with Crippen molar-refractivity contribution in [3.8, 4) is 11.1 Å². The molecular weight excluding hydrogens is 513 g/mol. The molecule has 0 radical (unpaired) electrons. The summed E-state index contributed by atoms with van der Waals surface area (Å²) in [5, 5.41) is 8.34. The van der Waals surface area contributed by atoms with Crippen molar-refractivity contribution >= 4 is 55.2 Å². The molecule has 0 saturated heterocycles. The van der Waals surface area contributed by atoms with Crippen LogP contribution in [-0.2, 0) is 0 Å². The molecule has 1 heteroatoms. The molecule has 1 heterocycles. The summed E-state index contributed by atoms with van der Waals surface area (Å²) in [5.74, 6) is 0.399. The molecule has 9 rings (SSSR count). The Labute approximate surface area is 244 Å². The second kappa shape index (κ2) is 8.96. The first kappa shape index (κ1) is 23.1. The van der Waals surface area contributed by atoms with Crippen molar-refractivity contribution in [1.29, 1.82) is 0 Å². The summed E-state index contributed by atoms with van der Waals surface area (Å²) >= 11 is 2.02. The third kappa shape index (κ3) is 3.49. The summed E-state index contributed by atoms with van der Waals surface area (Å²) < 4.78 is 0. The predicted octanol–water partition coefficient (Wildman–Crippen LogP) is 10.9. The van der Waals surface area contributed by atoms with Gasteiger partial charge in [0.2, 0.25) is 0 Å². The molecule has 192 valence electrons. The van der Waals surface area contributed by atoms with Crippen molar-refractivity contribution < 1.29 is 0 Å². The zero-order valence-corrected chi connectivity index (χ0v) is 23.2. The maximum absolute atomic E-state index is 2.46. The Morgan fingerprint density at radius 3 is 1.88 bits per heavy atom. The van der Waals surface area contributed by atoms with Crippen molar-refractivity contribution in [2.45, 2.75) is 10.1 Å². The molecule has 0 saturated carbocycles. The fraction of sp³-hybridized carbons (Fsp3) is 0.0500. The molecule has 0 N–H and O–H groups in total. The number of fused-ring (bicyclic) bond motifs is 11. The quantitative estimate of drug-likeness (QED) is 0.198. The van der Waals surface area contributed by atoms with Crippen LogP contribution in [-0.4, -0.2) is 5.25 Å². The Bertz CT molecular complexity index is 2140. The summed E-state index contributed by atoms with van der Waals surface area (Å²) in [7, 11) is 0. The van der Waals surface area contributed by atoms with E-state index in [1.54, 1.807) is 0 Å². The van der Waals surface area contributed by atoms with E-state index in [9.17, 15) is 0 Å². The van der Waals surface area contributed by atoms with Crippen LogP contribution < -0.4 is 0 Å². The van der Waals surface area contributed by atoms with Gasteiger partial charge in [-0.05, 0) is 89.5 Å². The van der Waals surface area contributed by atoms with E-state index in [1.165, 1.54) is 76.2 Å². The highest BCUT2D eigenvalue weighted by Crippen LogP contribution is 2.54. The second-order valence-corrected chi connectivity index (χ2v) is 12.4. The molecule has 2 unspecified atom stereocenters. The average molecular weight is 539 g/mol. The van der Waals surface area contributed by atoms with E-state index >= 15 is 0 Å². The summed E-state index contributed by atoms with van der Waals surface area (Å²) in [6.07, 6.45) is 11.6. The molecule has 0 spiro atoms. The summed E-state index contributed by atoms with van der Waals surface area (Å²) in [6, 6.07) is 42.7. The van der Waals surface area contributed by atoms with Gasteiger partial charge in [0, 0.05) is 16.1 Å². The third-order valence-corrected chi connectivity index (χ3v) is 10.4. The van der Waals surface area contributed by atoms with Gasteiger partial charge in [-0.1, -0.05) is 127 Å². The van der Waals surface area contributed by atoms with E-state index in [-0.39, 0.29) is 0 Å². The molecule has 0 fully saturated rings. The van der Waals surface area contributed by atoms with Crippen molar-refractivity contribution in [1.82, 2.24) is 0 Å². The summed E-state index contributed by atoms with van der Waals surface area (Å²) in [6.45, 7) is 0. The van der Waals surface area contributed by atoms with Crippen molar-refractivity contribution in [3.05, 3.63) is 162 Å². The first-order chi connectivity index (χ1) is 20.3. The lowest BCUT2D eigenvalue weighted by atomic mass is 9.77. The van der Waals surface area contributed by atoms with Crippen LogP contribution in [0.2, 0.25) is 0 Å². The molecule has 3 aliphatic rings. The number of hydrogen-bond acceptors (Lipinski definition) is 1. The maximum atomic E-state index is 2.46. The Kier molecular flexibility index (Phi) is 5.06. The van der Waals surface area contributed by atoms with Gasteiger partial charge in [-0.2, -0.15) is 0 Å². The standard InChI is InChI=1S/C40H26S/c1-2-11-30-28(9-1)29-10-3-4-12-31(29)37-23-27(21-22-33(30)37)25-17-19-26(20-18-25)36-24-38-34-14-7-8-16-39(34)41-40(38)35-15-6-5-13-32(35)36/h1-24,35,40H. The van der Waals surface area contributed by atoms with Gasteiger partial charge in [0.05, 0.1) is 0 Å². The van der Waals surface area contributed by atoms with E-state index in [0.717, 1.165) is 0 Å². The van der Waals surface area contributed by atoms with E-state index in [4.69, 9.17) is 0 Å². The minimum atomic E-state index is 0.399. The van der Waals surface area contributed by atoms with Gasteiger partial charge in [-0.3, -0.25) is 0 Å². The van der Waals surface area contributed by atoms with Crippen molar-refractivity contribution in [2.24, 2.45) is 5.92 Å². The molecule has 6 aromatic rings. The largest absolute Gasteiger partial charge is 0.116 e. The van der Waals surface area contributed by atoms with Crippen LogP contribution >= 0.6 is 11.8 Å². The van der Waals surface area contributed by atoms with Gasteiger partial charge in [0.15, 0.2) is 0 Å². The van der Waals surface area contributed by atoms with Crippen molar-refractivity contribution in [3.63, 3.8) is 0 Å². The Morgan fingerprint density at radius 1 is 0.512 bits per heavy atom. The van der Waals surface area contributed by atoms with Crippen LogP contribution in [0.4, 0.5) is 0 Å². The SMILES string of the molecule is C1=CC2=C(c3ccc(-c4ccc5c6ccccc6c6ccccc6c5c4)cc3)C=C3c4ccccc4SC3C2C=C1. The normalized spacial score (nSPS) is 19.0. The highest BCUT2D eigenvalue weighted by atomic mass is 32.2. The molecule has 0 nitrogen and oxygen atoms in total. The zero-order valence-electron chi connectivity index (χ0n) is 22.4. The van der Waals surface area contributed by atoms with Crippen LogP contribution in [0, 0.1) is 5.92 Å². The second-order valence-electron chi connectivity index (χ2n) is 11.2. The molecule has 1 aliphatic heterocycles. The topological polar surface area (TPSA) is 0 Å². The Morgan fingerprint density at radius 2 is 1.12 bits per heavy atom. The minimum absolute atomic E-state index is 0.399. The third-order valence-electron chi connectivity index (χ3n) is 9.03. The van der Waals surface area contributed by atoms with E-state index < -0.39 is 0 Å². The fourth-order valence-electron chi connectivity index (χ4n) is 7.10. The lowest BCUT2D eigenvalue weighted by Crippen LogP contribution is -2.21. The molecule has 2 atom stereocenters. The highest BCUT2D eigenvalue weighted by Gasteiger charge is 2.38. The predicted molar refractivity (Wildman–Crippen MR) is 177 cm³/mol. The number of benzene rings is 6. The number of thioether (sulfide) groups is 1. The lowest BCUT2D eigenvalue weighted by Gasteiger charge is -2.31. The number of hydrogen-bond donors (Lipinski definition) is 0. The van der Waals surface area contributed by atoms with Gasteiger partial charge in [-0.25, -0.2) is 0 Å². The van der Waals surface area contributed by atoms with Gasteiger partial charge >= 0.3 is 0 Å². The molecule has 2 aliphatic carbocycles.